The number of anilines is 1. The van der Waals surface area contributed by atoms with Crippen LogP contribution < -0.4 is 5.32 Å². The number of rotatable bonds is 6. The fourth-order valence-electron chi connectivity index (χ4n) is 4.15. The SMILES string of the molecule is CCc1nc(-c2ccc(C)c(S(=O)(=O)N3CCC(C(=O)Nc4cccc(C)c4C)CC3)c2)no1. The minimum Gasteiger partial charge on any atom is -0.339 e. The van der Waals surface area contributed by atoms with Crippen LogP contribution in [0.3, 0.4) is 0 Å². The minimum absolute atomic E-state index is 0.0623. The Balaban J connectivity index is 1.47. The Morgan fingerprint density at radius 1 is 1.12 bits per heavy atom. The van der Waals surface area contributed by atoms with Gasteiger partial charge in [-0.05, 0) is 62.4 Å². The second-order valence-corrected chi connectivity index (χ2v) is 10.7. The zero-order chi connectivity index (χ0) is 24.5. The molecule has 0 unspecified atom stereocenters. The van der Waals surface area contributed by atoms with Gasteiger partial charge >= 0.3 is 0 Å². The van der Waals surface area contributed by atoms with Crippen molar-refractivity contribution in [3.63, 3.8) is 0 Å². The molecule has 9 heteroatoms. The number of sulfonamides is 1. The third kappa shape index (κ3) is 4.76. The number of nitrogens with one attached hydrogen (secondary N) is 1. The molecule has 0 bridgehead atoms. The van der Waals surface area contributed by atoms with Crippen LogP contribution in [0.4, 0.5) is 5.69 Å². The van der Waals surface area contributed by atoms with Gasteiger partial charge in [0.05, 0.1) is 4.90 Å². The highest BCUT2D eigenvalue weighted by Crippen LogP contribution is 2.29. The number of aryl methyl sites for hydroxylation is 3. The minimum atomic E-state index is -3.73. The Labute approximate surface area is 200 Å². The number of carbonyl (C=O) groups is 1. The number of hydrogen-bond donors (Lipinski definition) is 1. The van der Waals surface area contributed by atoms with Gasteiger partial charge in [0.1, 0.15) is 0 Å². The molecular weight excluding hydrogens is 452 g/mol. The molecule has 1 saturated heterocycles. The average molecular weight is 483 g/mol. The Hall–Kier alpha value is -3.04. The molecule has 0 radical (unpaired) electrons. The summed E-state index contributed by atoms with van der Waals surface area (Å²) >= 11 is 0. The highest BCUT2D eigenvalue weighted by Gasteiger charge is 2.33. The van der Waals surface area contributed by atoms with Crippen molar-refractivity contribution in [1.82, 2.24) is 14.4 Å². The maximum atomic E-state index is 13.5. The maximum absolute atomic E-state index is 13.5. The summed E-state index contributed by atoms with van der Waals surface area (Å²) in [6.45, 7) is 8.25. The number of piperidine rings is 1. The molecule has 1 aliphatic heterocycles. The lowest BCUT2D eigenvalue weighted by Gasteiger charge is -2.31. The van der Waals surface area contributed by atoms with Gasteiger partial charge in [-0.1, -0.05) is 36.3 Å². The number of nitrogens with zero attached hydrogens (tertiary/aromatic N) is 3. The molecular formula is C25H30N4O4S. The van der Waals surface area contributed by atoms with Gasteiger partial charge in [0.25, 0.3) is 0 Å². The Morgan fingerprint density at radius 3 is 2.53 bits per heavy atom. The van der Waals surface area contributed by atoms with Crippen molar-refractivity contribution in [2.24, 2.45) is 5.92 Å². The van der Waals surface area contributed by atoms with Gasteiger partial charge in [-0.25, -0.2) is 8.42 Å². The highest BCUT2D eigenvalue weighted by atomic mass is 32.2. The van der Waals surface area contributed by atoms with E-state index < -0.39 is 10.0 Å². The molecule has 2 aromatic carbocycles. The van der Waals surface area contributed by atoms with Crippen molar-refractivity contribution in [3.8, 4) is 11.4 Å². The molecule has 1 fully saturated rings. The zero-order valence-corrected chi connectivity index (χ0v) is 20.8. The van der Waals surface area contributed by atoms with E-state index in [-0.39, 0.29) is 16.7 Å². The number of benzene rings is 2. The van der Waals surface area contributed by atoms with Crippen LogP contribution in [0.25, 0.3) is 11.4 Å². The second-order valence-electron chi connectivity index (χ2n) is 8.76. The first kappa shape index (κ1) is 24.1. The lowest BCUT2D eigenvalue weighted by Crippen LogP contribution is -2.41. The predicted octanol–water partition coefficient (Wildman–Crippen LogP) is 4.26. The Bertz CT molecular complexity index is 1310. The van der Waals surface area contributed by atoms with Crippen LogP contribution in [0.2, 0.25) is 0 Å². The normalized spacial score (nSPS) is 15.4. The first-order valence-corrected chi connectivity index (χ1v) is 13.0. The van der Waals surface area contributed by atoms with Crippen LogP contribution in [0.15, 0.2) is 45.8 Å². The third-order valence-corrected chi connectivity index (χ3v) is 8.56. The fraction of sp³-hybridized carbons (Fsp3) is 0.400. The molecule has 1 amide bonds. The zero-order valence-electron chi connectivity index (χ0n) is 20.0. The molecule has 0 atom stereocenters. The van der Waals surface area contributed by atoms with Crippen LogP contribution in [0.5, 0.6) is 0 Å². The van der Waals surface area contributed by atoms with Crippen LogP contribution >= 0.6 is 0 Å². The molecule has 0 spiro atoms. The fourth-order valence-corrected chi connectivity index (χ4v) is 5.87. The number of amides is 1. The standard InChI is InChI=1S/C25H30N4O4S/c1-5-23-27-24(28-33-23)20-10-9-17(3)22(15-20)34(31,32)29-13-11-19(12-14-29)25(30)26-21-8-6-7-16(2)18(21)4/h6-10,15,19H,5,11-14H2,1-4H3,(H,26,30). The van der Waals surface area contributed by atoms with E-state index in [0.717, 1.165) is 16.8 Å². The summed E-state index contributed by atoms with van der Waals surface area (Å²) in [7, 11) is -3.73. The lowest BCUT2D eigenvalue weighted by molar-refractivity contribution is -0.120. The van der Waals surface area contributed by atoms with Crippen molar-refractivity contribution in [1.29, 1.82) is 0 Å². The molecule has 1 N–H and O–H groups in total. The largest absolute Gasteiger partial charge is 0.339 e. The van der Waals surface area contributed by atoms with E-state index in [4.69, 9.17) is 4.52 Å². The first-order chi connectivity index (χ1) is 16.2. The van der Waals surface area contributed by atoms with E-state index in [2.05, 4.69) is 15.5 Å². The second kappa shape index (κ2) is 9.68. The number of aromatic nitrogens is 2. The van der Waals surface area contributed by atoms with E-state index >= 15 is 0 Å². The van der Waals surface area contributed by atoms with Crippen LogP contribution in [-0.4, -0.2) is 41.9 Å². The summed E-state index contributed by atoms with van der Waals surface area (Å²) in [5, 5.41) is 6.98. The average Bonchev–Trinajstić information content (AvgIpc) is 3.31. The quantitative estimate of drug-likeness (QED) is 0.563. The molecule has 34 heavy (non-hydrogen) atoms. The Kier molecular flexibility index (Phi) is 6.86. The predicted molar refractivity (Wildman–Crippen MR) is 130 cm³/mol. The smallest absolute Gasteiger partial charge is 0.243 e. The Morgan fingerprint density at radius 2 is 1.85 bits per heavy atom. The summed E-state index contributed by atoms with van der Waals surface area (Å²) in [6.07, 6.45) is 1.55. The van der Waals surface area contributed by atoms with Crippen molar-refractivity contribution in [2.75, 3.05) is 18.4 Å². The van der Waals surface area contributed by atoms with Gasteiger partial charge in [0, 0.05) is 36.7 Å². The monoisotopic (exact) mass is 482 g/mol. The van der Waals surface area contributed by atoms with Gasteiger partial charge < -0.3 is 9.84 Å². The molecule has 8 nitrogen and oxygen atoms in total. The maximum Gasteiger partial charge on any atom is 0.243 e. The van der Waals surface area contributed by atoms with E-state index in [9.17, 15) is 13.2 Å². The van der Waals surface area contributed by atoms with Crippen LogP contribution in [0, 0.1) is 26.7 Å². The lowest BCUT2D eigenvalue weighted by atomic mass is 9.97. The molecule has 0 aliphatic carbocycles. The molecule has 1 aliphatic rings. The molecule has 0 saturated carbocycles. The highest BCUT2D eigenvalue weighted by molar-refractivity contribution is 7.89. The van der Waals surface area contributed by atoms with E-state index in [1.807, 2.05) is 39.0 Å². The molecule has 2 heterocycles. The van der Waals surface area contributed by atoms with Crippen molar-refractivity contribution in [2.45, 2.75) is 51.9 Å². The van der Waals surface area contributed by atoms with E-state index in [0.29, 0.717) is 55.2 Å². The van der Waals surface area contributed by atoms with Crippen LogP contribution in [-0.2, 0) is 21.2 Å². The van der Waals surface area contributed by atoms with Crippen molar-refractivity contribution < 1.29 is 17.7 Å². The summed E-state index contributed by atoms with van der Waals surface area (Å²) in [4.78, 5) is 17.4. The summed E-state index contributed by atoms with van der Waals surface area (Å²) in [6, 6.07) is 11.0. The molecule has 1 aromatic heterocycles. The van der Waals surface area contributed by atoms with Crippen LogP contribution in [0.1, 0.15) is 42.3 Å². The molecule has 180 valence electrons. The van der Waals surface area contributed by atoms with E-state index in [1.54, 1.807) is 25.1 Å². The summed E-state index contributed by atoms with van der Waals surface area (Å²) in [5.74, 6) is 0.578. The summed E-state index contributed by atoms with van der Waals surface area (Å²) < 4.78 is 33.6. The van der Waals surface area contributed by atoms with E-state index in [1.165, 1.54) is 4.31 Å². The van der Waals surface area contributed by atoms with Gasteiger partial charge in [-0.3, -0.25) is 4.79 Å². The number of hydrogen-bond acceptors (Lipinski definition) is 6. The molecule has 3 aromatic rings. The third-order valence-electron chi connectivity index (χ3n) is 6.52. The summed E-state index contributed by atoms with van der Waals surface area (Å²) in [5.41, 5.74) is 4.20. The first-order valence-electron chi connectivity index (χ1n) is 11.5. The van der Waals surface area contributed by atoms with Gasteiger partial charge in [0.15, 0.2) is 0 Å². The number of carbonyl (C=O) groups excluding carboxylic acids is 1. The van der Waals surface area contributed by atoms with Crippen molar-refractivity contribution in [3.05, 3.63) is 59.0 Å². The van der Waals surface area contributed by atoms with Gasteiger partial charge in [-0.2, -0.15) is 9.29 Å². The van der Waals surface area contributed by atoms with Crippen molar-refractivity contribution >= 4 is 21.6 Å². The van der Waals surface area contributed by atoms with Gasteiger partial charge in [-0.15, -0.1) is 0 Å². The van der Waals surface area contributed by atoms with Gasteiger partial charge in [0.2, 0.25) is 27.6 Å². The topological polar surface area (TPSA) is 105 Å². The molecule has 4 rings (SSSR count).